The molecule has 0 aliphatic carbocycles. The van der Waals surface area contributed by atoms with Crippen LogP contribution in [0.1, 0.15) is 12.5 Å². The molecule has 0 aromatic heterocycles. The average molecular weight is 203 g/mol. The second kappa shape index (κ2) is 5.84. The van der Waals surface area contributed by atoms with Crippen molar-refractivity contribution >= 4 is 5.91 Å². The third kappa shape index (κ3) is 4.84. The Kier molecular flexibility index (Phi) is 4.39. The summed E-state index contributed by atoms with van der Waals surface area (Å²) < 4.78 is 0. The third-order valence-electron chi connectivity index (χ3n) is 1.65. The first kappa shape index (κ1) is 11.3. The van der Waals surface area contributed by atoms with Crippen molar-refractivity contribution in [1.82, 2.24) is 5.32 Å². The molecule has 0 unspecified atom stereocenters. The van der Waals surface area contributed by atoms with Crippen molar-refractivity contribution < 1.29 is 9.90 Å². The van der Waals surface area contributed by atoms with E-state index < -0.39 is 6.10 Å². The zero-order valence-corrected chi connectivity index (χ0v) is 8.53. The molecule has 3 nitrogen and oxygen atoms in total. The minimum absolute atomic E-state index is 0.225. The molecule has 0 saturated heterocycles. The molecular weight excluding hydrogens is 190 g/mol. The first-order chi connectivity index (χ1) is 7.18. The molecule has 78 valence electrons. The molecule has 0 heterocycles. The van der Waals surface area contributed by atoms with Gasteiger partial charge in [0.2, 0.25) is 0 Å². The van der Waals surface area contributed by atoms with Gasteiger partial charge in [0.15, 0.2) is 0 Å². The van der Waals surface area contributed by atoms with Crippen molar-refractivity contribution in [3.63, 3.8) is 0 Å². The lowest BCUT2D eigenvalue weighted by atomic mass is 10.2. The number of aliphatic hydroxyl groups is 1. The van der Waals surface area contributed by atoms with Crippen LogP contribution in [0.2, 0.25) is 0 Å². The molecule has 3 heteroatoms. The van der Waals surface area contributed by atoms with E-state index in [0.717, 1.165) is 5.56 Å². The van der Waals surface area contributed by atoms with E-state index in [1.54, 1.807) is 6.92 Å². The van der Waals surface area contributed by atoms with Crippen molar-refractivity contribution in [2.24, 2.45) is 0 Å². The van der Waals surface area contributed by atoms with Crippen LogP contribution in [0.5, 0.6) is 0 Å². The first-order valence-electron chi connectivity index (χ1n) is 4.71. The van der Waals surface area contributed by atoms with Crippen molar-refractivity contribution in [3.8, 4) is 11.8 Å². The zero-order chi connectivity index (χ0) is 11.1. The van der Waals surface area contributed by atoms with Crippen LogP contribution in [0.25, 0.3) is 0 Å². The summed E-state index contributed by atoms with van der Waals surface area (Å²) in [5, 5.41) is 11.4. The van der Waals surface area contributed by atoms with Gasteiger partial charge in [0, 0.05) is 18.0 Å². The quantitative estimate of drug-likeness (QED) is 0.689. The number of carbonyl (C=O) groups excluding carboxylic acids is 1. The number of hydrogen-bond acceptors (Lipinski definition) is 2. The van der Waals surface area contributed by atoms with Gasteiger partial charge in [0.1, 0.15) is 0 Å². The van der Waals surface area contributed by atoms with Crippen LogP contribution in [0.4, 0.5) is 0 Å². The highest BCUT2D eigenvalue weighted by atomic mass is 16.3. The van der Waals surface area contributed by atoms with Crippen LogP contribution in [-0.4, -0.2) is 23.7 Å². The Morgan fingerprint density at radius 3 is 2.73 bits per heavy atom. The van der Waals surface area contributed by atoms with Gasteiger partial charge < -0.3 is 10.4 Å². The van der Waals surface area contributed by atoms with Crippen molar-refractivity contribution in [3.05, 3.63) is 35.9 Å². The predicted octanol–water partition coefficient (Wildman–Crippen LogP) is 0.535. The maximum atomic E-state index is 11.1. The number of aliphatic hydroxyl groups excluding tert-OH is 1. The fraction of sp³-hybridized carbons (Fsp3) is 0.250. The molecule has 0 aliphatic rings. The molecule has 2 N–H and O–H groups in total. The van der Waals surface area contributed by atoms with Gasteiger partial charge in [0.05, 0.1) is 6.10 Å². The Balaban J connectivity index is 2.48. The van der Waals surface area contributed by atoms with Gasteiger partial charge in [0.25, 0.3) is 5.91 Å². The Hall–Kier alpha value is -1.79. The van der Waals surface area contributed by atoms with Crippen LogP contribution in [0.3, 0.4) is 0 Å². The highest BCUT2D eigenvalue weighted by molar-refractivity contribution is 5.94. The van der Waals surface area contributed by atoms with E-state index in [-0.39, 0.29) is 12.5 Å². The van der Waals surface area contributed by atoms with Crippen LogP contribution in [0, 0.1) is 11.8 Å². The number of benzene rings is 1. The molecule has 0 bridgehead atoms. The summed E-state index contributed by atoms with van der Waals surface area (Å²) in [5.74, 6) is 4.79. The third-order valence-corrected chi connectivity index (χ3v) is 1.65. The predicted molar refractivity (Wildman–Crippen MR) is 58.0 cm³/mol. The van der Waals surface area contributed by atoms with Crippen LogP contribution >= 0.6 is 0 Å². The molecular formula is C12H13NO2. The highest BCUT2D eigenvalue weighted by Crippen LogP contribution is 1.94. The highest BCUT2D eigenvalue weighted by Gasteiger charge is 1.97. The lowest BCUT2D eigenvalue weighted by Crippen LogP contribution is -2.29. The monoisotopic (exact) mass is 203 g/mol. The van der Waals surface area contributed by atoms with Crippen molar-refractivity contribution in [2.75, 3.05) is 6.54 Å². The van der Waals surface area contributed by atoms with Gasteiger partial charge in [-0.15, -0.1) is 0 Å². The lowest BCUT2D eigenvalue weighted by molar-refractivity contribution is -0.116. The van der Waals surface area contributed by atoms with Crippen LogP contribution in [-0.2, 0) is 4.79 Å². The standard InChI is InChI=1S/C12H13NO2/c1-10(14)9-13-12(15)8-7-11-5-3-2-4-6-11/h2-6,10,14H,9H2,1H3,(H,13,15)/t10-/m1/s1. The normalized spacial score (nSPS) is 11.1. The Morgan fingerprint density at radius 1 is 1.47 bits per heavy atom. The summed E-state index contributed by atoms with van der Waals surface area (Å²) in [6, 6.07) is 9.26. The summed E-state index contributed by atoms with van der Waals surface area (Å²) in [4.78, 5) is 11.1. The van der Waals surface area contributed by atoms with E-state index in [1.807, 2.05) is 30.3 Å². The number of carbonyl (C=O) groups is 1. The van der Waals surface area contributed by atoms with Gasteiger partial charge >= 0.3 is 0 Å². The SMILES string of the molecule is C[C@@H](O)CNC(=O)C#Cc1ccccc1. The summed E-state index contributed by atoms with van der Waals surface area (Å²) in [7, 11) is 0. The van der Waals surface area contributed by atoms with E-state index in [2.05, 4.69) is 17.2 Å². The molecule has 0 fully saturated rings. The fourth-order valence-electron chi connectivity index (χ4n) is 0.935. The minimum Gasteiger partial charge on any atom is -0.392 e. The maximum absolute atomic E-state index is 11.1. The average Bonchev–Trinajstić information content (AvgIpc) is 2.25. The summed E-state index contributed by atoms with van der Waals surface area (Å²) >= 11 is 0. The van der Waals surface area contributed by atoms with Crippen molar-refractivity contribution in [2.45, 2.75) is 13.0 Å². The van der Waals surface area contributed by atoms with Gasteiger partial charge in [-0.1, -0.05) is 24.1 Å². The molecule has 1 rings (SSSR count). The van der Waals surface area contributed by atoms with Crippen LogP contribution < -0.4 is 5.32 Å². The minimum atomic E-state index is -0.549. The largest absolute Gasteiger partial charge is 0.392 e. The molecule has 0 radical (unpaired) electrons. The summed E-state index contributed by atoms with van der Waals surface area (Å²) in [6.07, 6.45) is -0.549. The van der Waals surface area contributed by atoms with E-state index in [4.69, 9.17) is 5.11 Å². The number of nitrogens with one attached hydrogen (secondary N) is 1. The molecule has 0 spiro atoms. The van der Waals surface area contributed by atoms with E-state index >= 15 is 0 Å². The molecule has 1 aromatic rings. The maximum Gasteiger partial charge on any atom is 0.296 e. The fourth-order valence-corrected chi connectivity index (χ4v) is 0.935. The Morgan fingerprint density at radius 2 is 2.13 bits per heavy atom. The van der Waals surface area contributed by atoms with E-state index in [0.29, 0.717) is 0 Å². The topological polar surface area (TPSA) is 49.3 Å². The zero-order valence-electron chi connectivity index (χ0n) is 8.53. The molecule has 15 heavy (non-hydrogen) atoms. The number of rotatable bonds is 2. The first-order valence-corrected chi connectivity index (χ1v) is 4.71. The molecule has 1 aromatic carbocycles. The van der Waals surface area contributed by atoms with Gasteiger partial charge in [-0.2, -0.15) is 0 Å². The van der Waals surface area contributed by atoms with Crippen LogP contribution in [0.15, 0.2) is 30.3 Å². The molecule has 0 aliphatic heterocycles. The second-order valence-corrected chi connectivity index (χ2v) is 3.18. The Labute approximate surface area is 89.1 Å². The van der Waals surface area contributed by atoms with Gasteiger partial charge in [-0.25, -0.2) is 0 Å². The molecule has 1 amide bonds. The molecule has 0 saturated carbocycles. The van der Waals surface area contributed by atoms with Gasteiger partial charge in [-0.3, -0.25) is 4.79 Å². The van der Waals surface area contributed by atoms with E-state index in [1.165, 1.54) is 0 Å². The second-order valence-electron chi connectivity index (χ2n) is 3.18. The summed E-state index contributed by atoms with van der Waals surface area (Å²) in [6.45, 7) is 1.83. The number of amides is 1. The smallest absolute Gasteiger partial charge is 0.296 e. The molecule has 1 atom stereocenters. The number of hydrogen-bond donors (Lipinski definition) is 2. The van der Waals surface area contributed by atoms with Crippen molar-refractivity contribution in [1.29, 1.82) is 0 Å². The van der Waals surface area contributed by atoms with Gasteiger partial charge in [-0.05, 0) is 19.1 Å². The Bertz CT molecular complexity index is 374. The summed E-state index contributed by atoms with van der Waals surface area (Å²) in [5.41, 5.74) is 0.796. The van der Waals surface area contributed by atoms with E-state index in [9.17, 15) is 4.79 Å². The lowest BCUT2D eigenvalue weighted by Gasteiger charge is -2.01.